The van der Waals surface area contributed by atoms with Gasteiger partial charge in [0.25, 0.3) is 0 Å². The average Bonchev–Trinajstić information content (AvgIpc) is 3.02. The van der Waals surface area contributed by atoms with Crippen molar-refractivity contribution >= 4 is 27.6 Å². The van der Waals surface area contributed by atoms with Crippen LogP contribution in [0.4, 0.5) is 0 Å². The summed E-state index contributed by atoms with van der Waals surface area (Å²) in [6, 6.07) is 20.2. The molecule has 3 aromatic heterocycles. The third kappa shape index (κ3) is 1.75. The van der Waals surface area contributed by atoms with Crippen molar-refractivity contribution in [2.24, 2.45) is 0 Å². The van der Waals surface area contributed by atoms with E-state index in [9.17, 15) is 0 Å². The van der Waals surface area contributed by atoms with Gasteiger partial charge in [0.1, 0.15) is 11.5 Å². The highest BCUT2D eigenvalue weighted by Crippen LogP contribution is 2.28. The minimum atomic E-state index is 0.862. The lowest BCUT2D eigenvalue weighted by molar-refractivity contribution is 1.15. The van der Waals surface area contributed by atoms with E-state index < -0.39 is 0 Å². The normalized spacial score (nSPS) is 11.5. The number of pyridine rings is 1. The minimum absolute atomic E-state index is 0.862. The van der Waals surface area contributed by atoms with Crippen molar-refractivity contribution in [1.29, 1.82) is 0 Å². The fourth-order valence-corrected chi connectivity index (χ4v) is 3.03. The fourth-order valence-electron chi connectivity index (χ4n) is 3.03. The molecule has 0 amide bonds. The zero-order chi connectivity index (χ0) is 15.2. The molecule has 5 rings (SSSR count). The van der Waals surface area contributed by atoms with Crippen LogP contribution in [0.25, 0.3) is 39.0 Å². The number of fused-ring (bicyclic) bond motifs is 5. The summed E-state index contributed by atoms with van der Waals surface area (Å²) in [5.74, 6) is 0.862. The first-order valence-corrected chi connectivity index (χ1v) is 7.48. The second-order valence-corrected chi connectivity index (χ2v) is 5.45. The van der Waals surface area contributed by atoms with Gasteiger partial charge in [-0.2, -0.15) is 0 Å². The molecule has 0 aliphatic rings. The highest BCUT2D eigenvalue weighted by molar-refractivity contribution is 5.98. The Labute approximate surface area is 132 Å². The maximum atomic E-state index is 4.88. The third-order valence-corrected chi connectivity index (χ3v) is 4.06. The van der Waals surface area contributed by atoms with E-state index in [1.54, 1.807) is 6.20 Å². The number of benzene rings is 2. The summed E-state index contributed by atoms with van der Waals surface area (Å²) in [5.41, 5.74) is 4.87. The van der Waals surface area contributed by atoms with Crippen LogP contribution >= 0.6 is 0 Å². The number of para-hydroxylation sites is 3. The Morgan fingerprint density at radius 1 is 0.739 bits per heavy atom. The molecule has 5 aromatic rings. The molecular formula is C19H12N4. The van der Waals surface area contributed by atoms with Crippen LogP contribution in [0.5, 0.6) is 0 Å². The Hall–Kier alpha value is -3.27. The molecule has 108 valence electrons. The van der Waals surface area contributed by atoms with Crippen LogP contribution in [-0.2, 0) is 0 Å². The van der Waals surface area contributed by atoms with E-state index in [0.717, 1.165) is 39.0 Å². The first-order valence-electron chi connectivity index (χ1n) is 7.48. The molecule has 0 spiro atoms. The molecule has 0 saturated carbocycles. The number of imidazole rings is 1. The van der Waals surface area contributed by atoms with Crippen LogP contribution in [-0.4, -0.2) is 19.4 Å². The van der Waals surface area contributed by atoms with Crippen molar-refractivity contribution in [3.05, 3.63) is 73.1 Å². The van der Waals surface area contributed by atoms with Crippen molar-refractivity contribution in [2.75, 3.05) is 0 Å². The molecule has 0 bridgehead atoms. The SMILES string of the molecule is c1cncc(-c2nc3ccccc3c3nc4ccccc4n23)c1. The van der Waals surface area contributed by atoms with E-state index in [2.05, 4.69) is 21.5 Å². The Morgan fingerprint density at radius 3 is 2.43 bits per heavy atom. The van der Waals surface area contributed by atoms with Gasteiger partial charge in [-0.05, 0) is 36.4 Å². The molecule has 0 aliphatic carbocycles. The van der Waals surface area contributed by atoms with Crippen molar-refractivity contribution in [1.82, 2.24) is 19.4 Å². The Balaban J connectivity index is 2.06. The molecule has 2 aromatic carbocycles. The lowest BCUT2D eigenvalue weighted by Gasteiger charge is -2.08. The van der Waals surface area contributed by atoms with Crippen LogP contribution < -0.4 is 0 Å². The van der Waals surface area contributed by atoms with Gasteiger partial charge in [0.2, 0.25) is 0 Å². The maximum Gasteiger partial charge on any atom is 0.149 e. The van der Waals surface area contributed by atoms with Gasteiger partial charge in [-0.25, -0.2) is 9.97 Å². The monoisotopic (exact) mass is 296 g/mol. The lowest BCUT2D eigenvalue weighted by atomic mass is 10.2. The summed E-state index contributed by atoms with van der Waals surface area (Å²) < 4.78 is 2.12. The molecule has 4 nitrogen and oxygen atoms in total. The zero-order valence-electron chi connectivity index (χ0n) is 12.2. The lowest BCUT2D eigenvalue weighted by Crippen LogP contribution is -1.98. The van der Waals surface area contributed by atoms with Gasteiger partial charge >= 0.3 is 0 Å². The summed E-state index contributed by atoms with van der Waals surface area (Å²) >= 11 is 0. The van der Waals surface area contributed by atoms with Crippen molar-refractivity contribution in [3.8, 4) is 11.4 Å². The zero-order valence-corrected chi connectivity index (χ0v) is 12.2. The number of rotatable bonds is 1. The van der Waals surface area contributed by atoms with E-state index >= 15 is 0 Å². The molecule has 0 radical (unpaired) electrons. The summed E-state index contributed by atoms with van der Waals surface area (Å²) in [6.07, 6.45) is 3.61. The fraction of sp³-hybridized carbons (Fsp3) is 0. The third-order valence-electron chi connectivity index (χ3n) is 4.06. The van der Waals surface area contributed by atoms with Gasteiger partial charge in [0, 0.05) is 23.3 Å². The molecule has 4 heteroatoms. The van der Waals surface area contributed by atoms with Gasteiger partial charge in [-0.1, -0.05) is 24.3 Å². The maximum absolute atomic E-state index is 4.88. The van der Waals surface area contributed by atoms with E-state index in [-0.39, 0.29) is 0 Å². The van der Waals surface area contributed by atoms with Gasteiger partial charge < -0.3 is 0 Å². The van der Waals surface area contributed by atoms with E-state index in [1.165, 1.54) is 0 Å². The predicted molar refractivity (Wildman–Crippen MR) is 91.2 cm³/mol. The number of nitrogens with zero attached hydrogens (tertiary/aromatic N) is 4. The van der Waals surface area contributed by atoms with Crippen molar-refractivity contribution in [3.63, 3.8) is 0 Å². The van der Waals surface area contributed by atoms with Gasteiger partial charge in [0.15, 0.2) is 0 Å². The second-order valence-electron chi connectivity index (χ2n) is 5.45. The first kappa shape index (κ1) is 12.3. The Bertz CT molecular complexity index is 1160. The predicted octanol–water partition coefficient (Wildman–Crippen LogP) is 4.10. The first-order chi connectivity index (χ1) is 11.4. The summed E-state index contributed by atoms with van der Waals surface area (Å²) in [6.45, 7) is 0. The molecule has 0 atom stereocenters. The van der Waals surface area contributed by atoms with Crippen LogP contribution in [0.15, 0.2) is 73.1 Å². The summed E-state index contributed by atoms with van der Waals surface area (Å²) in [7, 11) is 0. The van der Waals surface area contributed by atoms with Crippen LogP contribution in [0.2, 0.25) is 0 Å². The highest BCUT2D eigenvalue weighted by atomic mass is 15.1. The molecule has 0 unspecified atom stereocenters. The van der Waals surface area contributed by atoms with Crippen molar-refractivity contribution in [2.45, 2.75) is 0 Å². The summed E-state index contributed by atoms with van der Waals surface area (Å²) in [4.78, 5) is 13.9. The quantitative estimate of drug-likeness (QED) is 0.468. The molecule has 0 aliphatic heterocycles. The van der Waals surface area contributed by atoms with Crippen LogP contribution in [0.1, 0.15) is 0 Å². The highest BCUT2D eigenvalue weighted by Gasteiger charge is 2.14. The van der Waals surface area contributed by atoms with E-state index in [1.807, 2.05) is 54.7 Å². The smallest absolute Gasteiger partial charge is 0.149 e. The number of aromatic nitrogens is 4. The molecule has 0 fully saturated rings. The minimum Gasteiger partial charge on any atom is -0.276 e. The molecule has 0 N–H and O–H groups in total. The van der Waals surface area contributed by atoms with Crippen molar-refractivity contribution < 1.29 is 0 Å². The van der Waals surface area contributed by atoms with Crippen LogP contribution in [0, 0.1) is 0 Å². The van der Waals surface area contributed by atoms with Gasteiger partial charge in [-0.15, -0.1) is 0 Å². The standard InChI is InChI=1S/C19H12N4/c1-2-8-15-14(7-1)19-22-16-9-3-4-10-17(16)23(19)18(21-15)13-6-5-11-20-12-13/h1-12H. The molecular weight excluding hydrogens is 284 g/mol. The Kier molecular flexibility index (Phi) is 2.46. The topological polar surface area (TPSA) is 43.1 Å². The van der Waals surface area contributed by atoms with Gasteiger partial charge in [0.05, 0.1) is 16.6 Å². The molecule has 3 heterocycles. The second kappa shape index (κ2) is 4.61. The largest absolute Gasteiger partial charge is 0.276 e. The molecule has 23 heavy (non-hydrogen) atoms. The van der Waals surface area contributed by atoms with E-state index in [4.69, 9.17) is 9.97 Å². The average molecular weight is 296 g/mol. The van der Waals surface area contributed by atoms with Crippen LogP contribution in [0.3, 0.4) is 0 Å². The Morgan fingerprint density at radius 2 is 1.57 bits per heavy atom. The molecule has 0 saturated heterocycles. The van der Waals surface area contributed by atoms with E-state index in [0.29, 0.717) is 0 Å². The summed E-state index contributed by atoms with van der Waals surface area (Å²) in [5, 5.41) is 1.05. The van der Waals surface area contributed by atoms with Gasteiger partial charge in [-0.3, -0.25) is 9.38 Å². The number of hydrogen-bond acceptors (Lipinski definition) is 3. The number of hydrogen-bond donors (Lipinski definition) is 0.